The van der Waals surface area contributed by atoms with E-state index in [2.05, 4.69) is 5.32 Å². The molecule has 1 aliphatic rings. The first-order valence-corrected chi connectivity index (χ1v) is 6.54. The summed E-state index contributed by atoms with van der Waals surface area (Å²) in [6.45, 7) is 4.43. The molecule has 1 saturated carbocycles. The predicted octanol–water partition coefficient (Wildman–Crippen LogP) is 1.88. The molecule has 0 heterocycles. The van der Waals surface area contributed by atoms with E-state index in [-0.39, 0.29) is 5.91 Å². The van der Waals surface area contributed by atoms with Crippen molar-refractivity contribution in [1.29, 1.82) is 0 Å². The van der Waals surface area contributed by atoms with Crippen molar-refractivity contribution >= 4 is 5.91 Å². The van der Waals surface area contributed by atoms with Gasteiger partial charge >= 0.3 is 0 Å². The Labute approximate surface area is 108 Å². The number of nitrogens with one attached hydrogen (secondary N) is 1. The lowest BCUT2D eigenvalue weighted by Gasteiger charge is -2.36. The monoisotopic (exact) mass is 247 g/mol. The van der Waals surface area contributed by atoms with Gasteiger partial charge in [0.2, 0.25) is 5.91 Å². The largest absolute Gasteiger partial charge is 0.388 e. The van der Waals surface area contributed by atoms with Crippen LogP contribution in [0, 0.1) is 13.8 Å². The Bertz CT molecular complexity index is 450. The summed E-state index contributed by atoms with van der Waals surface area (Å²) in [6, 6.07) is 6.14. The maximum absolute atomic E-state index is 11.8. The number of aryl methyl sites for hydroxylation is 2. The molecule has 1 aliphatic carbocycles. The summed E-state index contributed by atoms with van der Waals surface area (Å²) in [4.78, 5) is 11.8. The lowest BCUT2D eigenvalue weighted by atomic mass is 9.80. The Morgan fingerprint density at radius 2 is 2.11 bits per heavy atom. The minimum Gasteiger partial charge on any atom is -0.388 e. The third kappa shape index (κ3) is 3.10. The summed E-state index contributed by atoms with van der Waals surface area (Å²) >= 11 is 0. The van der Waals surface area contributed by atoms with E-state index in [1.165, 1.54) is 5.56 Å². The van der Waals surface area contributed by atoms with Crippen molar-refractivity contribution in [2.75, 3.05) is 6.54 Å². The van der Waals surface area contributed by atoms with Crippen molar-refractivity contribution in [2.45, 2.75) is 45.1 Å². The molecule has 2 rings (SSSR count). The van der Waals surface area contributed by atoms with Gasteiger partial charge in [-0.05, 0) is 44.2 Å². The molecule has 0 atom stereocenters. The maximum Gasteiger partial charge on any atom is 0.224 e. The van der Waals surface area contributed by atoms with Gasteiger partial charge in [0.1, 0.15) is 0 Å². The Kier molecular flexibility index (Phi) is 3.71. The van der Waals surface area contributed by atoms with Crippen LogP contribution in [0.1, 0.15) is 36.0 Å². The standard InChI is InChI=1S/C15H21NO2/c1-11-4-5-12(2)13(8-11)9-14(17)16-10-15(18)6-3-7-15/h4-5,8,18H,3,6-7,9-10H2,1-2H3,(H,16,17). The lowest BCUT2D eigenvalue weighted by molar-refractivity contribution is -0.122. The number of hydrogen-bond acceptors (Lipinski definition) is 2. The molecule has 2 N–H and O–H groups in total. The third-order valence-corrected chi connectivity index (χ3v) is 3.75. The van der Waals surface area contributed by atoms with E-state index in [0.717, 1.165) is 30.4 Å². The molecule has 1 amide bonds. The molecule has 0 bridgehead atoms. The molecular weight excluding hydrogens is 226 g/mol. The summed E-state index contributed by atoms with van der Waals surface area (Å²) in [6.07, 6.45) is 3.06. The molecule has 0 aliphatic heterocycles. The zero-order chi connectivity index (χ0) is 13.2. The summed E-state index contributed by atoms with van der Waals surface area (Å²) in [7, 11) is 0. The Morgan fingerprint density at radius 1 is 1.39 bits per heavy atom. The molecule has 1 aromatic rings. The number of amides is 1. The molecule has 0 radical (unpaired) electrons. The van der Waals surface area contributed by atoms with Gasteiger partial charge in [-0.3, -0.25) is 4.79 Å². The van der Waals surface area contributed by atoms with Crippen molar-refractivity contribution in [1.82, 2.24) is 5.32 Å². The predicted molar refractivity (Wildman–Crippen MR) is 71.4 cm³/mol. The van der Waals surface area contributed by atoms with E-state index in [9.17, 15) is 9.90 Å². The van der Waals surface area contributed by atoms with Crippen LogP contribution in [0.3, 0.4) is 0 Å². The number of aliphatic hydroxyl groups is 1. The number of rotatable bonds is 4. The van der Waals surface area contributed by atoms with E-state index in [0.29, 0.717) is 13.0 Å². The van der Waals surface area contributed by atoms with Crippen LogP contribution in [-0.4, -0.2) is 23.2 Å². The van der Waals surface area contributed by atoms with Gasteiger partial charge in [-0.2, -0.15) is 0 Å². The normalized spacial score (nSPS) is 17.1. The number of carbonyl (C=O) groups is 1. The first-order valence-electron chi connectivity index (χ1n) is 6.54. The quantitative estimate of drug-likeness (QED) is 0.853. The summed E-state index contributed by atoms with van der Waals surface area (Å²) in [5, 5.41) is 12.7. The second-order valence-corrected chi connectivity index (χ2v) is 5.46. The van der Waals surface area contributed by atoms with Crippen LogP contribution >= 0.6 is 0 Å². The minimum absolute atomic E-state index is 0.0102. The second kappa shape index (κ2) is 5.11. The molecule has 98 valence electrons. The van der Waals surface area contributed by atoms with Gasteiger partial charge in [-0.1, -0.05) is 23.8 Å². The Hall–Kier alpha value is -1.35. The molecular formula is C15H21NO2. The van der Waals surface area contributed by atoms with Crippen molar-refractivity contribution in [3.05, 3.63) is 34.9 Å². The van der Waals surface area contributed by atoms with E-state index in [1.807, 2.05) is 32.0 Å². The number of carbonyl (C=O) groups excluding carboxylic acids is 1. The highest BCUT2D eigenvalue weighted by molar-refractivity contribution is 5.79. The highest BCUT2D eigenvalue weighted by atomic mass is 16.3. The molecule has 0 aromatic heterocycles. The summed E-state index contributed by atoms with van der Waals surface area (Å²) in [5.41, 5.74) is 2.73. The van der Waals surface area contributed by atoms with Gasteiger partial charge in [-0.25, -0.2) is 0 Å². The Balaban J connectivity index is 1.88. The fourth-order valence-electron chi connectivity index (χ4n) is 2.25. The highest BCUT2D eigenvalue weighted by Gasteiger charge is 2.34. The molecule has 18 heavy (non-hydrogen) atoms. The van der Waals surface area contributed by atoms with Gasteiger partial charge in [0, 0.05) is 6.54 Å². The van der Waals surface area contributed by atoms with Crippen LogP contribution in [-0.2, 0) is 11.2 Å². The first kappa shape index (κ1) is 13.1. The van der Waals surface area contributed by atoms with Crippen molar-refractivity contribution in [2.24, 2.45) is 0 Å². The maximum atomic E-state index is 11.8. The van der Waals surface area contributed by atoms with Crippen molar-refractivity contribution < 1.29 is 9.90 Å². The molecule has 3 nitrogen and oxygen atoms in total. The van der Waals surface area contributed by atoms with Gasteiger partial charge in [0.25, 0.3) is 0 Å². The number of benzene rings is 1. The van der Waals surface area contributed by atoms with E-state index < -0.39 is 5.60 Å². The van der Waals surface area contributed by atoms with Crippen LogP contribution in [0.5, 0.6) is 0 Å². The third-order valence-electron chi connectivity index (χ3n) is 3.75. The fourth-order valence-corrected chi connectivity index (χ4v) is 2.25. The van der Waals surface area contributed by atoms with Crippen LogP contribution in [0.4, 0.5) is 0 Å². The molecule has 1 aromatic carbocycles. The van der Waals surface area contributed by atoms with Gasteiger partial charge < -0.3 is 10.4 Å². The van der Waals surface area contributed by atoms with Crippen molar-refractivity contribution in [3.8, 4) is 0 Å². The number of hydrogen-bond donors (Lipinski definition) is 2. The zero-order valence-electron chi connectivity index (χ0n) is 11.1. The van der Waals surface area contributed by atoms with E-state index >= 15 is 0 Å². The smallest absolute Gasteiger partial charge is 0.224 e. The van der Waals surface area contributed by atoms with Crippen LogP contribution in [0.25, 0.3) is 0 Å². The van der Waals surface area contributed by atoms with Crippen LogP contribution in [0.2, 0.25) is 0 Å². The van der Waals surface area contributed by atoms with Gasteiger partial charge in [0.05, 0.1) is 12.0 Å². The topological polar surface area (TPSA) is 49.3 Å². The molecule has 0 saturated heterocycles. The van der Waals surface area contributed by atoms with E-state index in [4.69, 9.17) is 0 Å². The molecule has 1 fully saturated rings. The highest BCUT2D eigenvalue weighted by Crippen LogP contribution is 2.30. The SMILES string of the molecule is Cc1ccc(C)c(CC(=O)NCC2(O)CCC2)c1. The molecule has 3 heteroatoms. The van der Waals surface area contributed by atoms with Crippen LogP contribution in [0.15, 0.2) is 18.2 Å². The lowest BCUT2D eigenvalue weighted by Crippen LogP contribution is -2.48. The van der Waals surface area contributed by atoms with Gasteiger partial charge in [0.15, 0.2) is 0 Å². The van der Waals surface area contributed by atoms with Crippen LogP contribution < -0.4 is 5.32 Å². The first-order chi connectivity index (χ1) is 8.48. The second-order valence-electron chi connectivity index (χ2n) is 5.46. The molecule has 0 unspecified atom stereocenters. The van der Waals surface area contributed by atoms with E-state index in [1.54, 1.807) is 0 Å². The van der Waals surface area contributed by atoms with Crippen molar-refractivity contribution in [3.63, 3.8) is 0 Å². The Morgan fingerprint density at radius 3 is 2.72 bits per heavy atom. The average Bonchev–Trinajstić information content (AvgIpc) is 2.29. The summed E-state index contributed by atoms with van der Waals surface area (Å²) in [5.74, 6) is -0.0102. The van der Waals surface area contributed by atoms with Gasteiger partial charge in [-0.15, -0.1) is 0 Å². The molecule has 0 spiro atoms. The summed E-state index contributed by atoms with van der Waals surface area (Å²) < 4.78 is 0. The average molecular weight is 247 g/mol. The zero-order valence-corrected chi connectivity index (χ0v) is 11.1. The fraction of sp³-hybridized carbons (Fsp3) is 0.533. The minimum atomic E-state index is -0.642.